The molecule has 0 saturated carbocycles. The molecule has 18 heavy (non-hydrogen) atoms. The SMILES string of the molecule is CC(C)(C)OCCC(CCCOF)CCNC=O. The predicted octanol–water partition coefficient (Wildman–Crippen LogP) is 2.63. The Hall–Kier alpha value is -0.680. The van der Waals surface area contributed by atoms with E-state index in [0.29, 0.717) is 31.9 Å². The lowest BCUT2D eigenvalue weighted by atomic mass is 9.96. The molecule has 1 N–H and O–H groups in total. The summed E-state index contributed by atoms with van der Waals surface area (Å²) in [5, 5.41) is 2.65. The topological polar surface area (TPSA) is 47.6 Å². The van der Waals surface area contributed by atoms with Crippen LogP contribution in [0.4, 0.5) is 4.53 Å². The summed E-state index contributed by atoms with van der Waals surface area (Å²) in [7, 11) is 0. The molecule has 0 bridgehead atoms. The first-order valence-corrected chi connectivity index (χ1v) is 6.54. The van der Waals surface area contributed by atoms with Gasteiger partial charge >= 0.3 is 0 Å². The second-order valence-electron chi connectivity index (χ2n) is 5.43. The molecule has 0 radical (unpaired) electrons. The van der Waals surface area contributed by atoms with Gasteiger partial charge in [0.1, 0.15) is 0 Å². The van der Waals surface area contributed by atoms with Crippen LogP contribution in [0.5, 0.6) is 0 Å². The second kappa shape index (κ2) is 10.3. The van der Waals surface area contributed by atoms with Gasteiger partial charge in [-0.05, 0) is 56.9 Å². The highest BCUT2D eigenvalue weighted by Gasteiger charge is 2.13. The van der Waals surface area contributed by atoms with Crippen molar-refractivity contribution in [2.75, 3.05) is 19.8 Å². The minimum Gasteiger partial charge on any atom is -0.376 e. The van der Waals surface area contributed by atoms with Crippen LogP contribution in [0, 0.1) is 5.92 Å². The average Bonchev–Trinajstić information content (AvgIpc) is 2.27. The smallest absolute Gasteiger partial charge is 0.207 e. The van der Waals surface area contributed by atoms with Crippen molar-refractivity contribution in [3.63, 3.8) is 0 Å². The van der Waals surface area contributed by atoms with Gasteiger partial charge in [0.2, 0.25) is 6.41 Å². The van der Waals surface area contributed by atoms with Crippen molar-refractivity contribution in [1.29, 1.82) is 0 Å². The Bertz CT molecular complexity index is 207. The lowest BCUT2D eigenvalue weighted by Gasteiger charge is -2.22. The van der Waals surface area contributed by atoms with Gasteiger partial charge < -0.3 is 10.1 Å². The zero-order valence-corrected chi connectivity index (χ0v) is 11.7. The molecule has 0 fully saturated rings. The molecule has 108 valence electrons. The van der Waals surface area contributed by atoms with Crippen molar-refractivity contribution < 1.29 is 19.0 Å². The van der Waals surface area contributed by atoms with Gasteiger partial charge in [0.25, 0.3) is 0 Å². The minimum atomic E-state index is -0.131. The largest absolute Gasteiger partial charge is 0.376 e. The fourth-order valence-electron chi connectivity index (χ4n) is 1.74. The summed E-state index contributed by atoms with van der Waals surface area (Å²) in [5.41, 5.74) is -0.131. The summed E-state index contributed by atoms with van der Waals surface area (Å²) in [6, 6.07) is 0. The number of carbonyl (C=O) groups excluding carboxylic acids is 1. The summed E-state index contributed by atoms with van der Waals surface area (Å²) in [6.45, 7) is 7.54. The van der Waals surface area contributed by atoms with E-state index in [0.717, 1.165) is 19.3 Å². The van der Waals surface area contributed by atoms with Gasteiger partial charge in [-0.25, -0.2) is 0 Å². The third-order valence-electron chi connectivity index (χ3n) is 2.68. The van der Waals surface area contributed by atoms with E-state index in [1.54, 1.807) is 0 Å². The van der Waals surface area contributed by atoms with Crippen LogP contribution >= 0.6 is 0 Å². The van der Waals surface area contributed by atoms with Crippen LogP contribution in [0.15, 0.2) is 0 Å². The van der Waals surface area contributed by atoms with E-state index in [9.17, 15) is 9.32 Å². The lowest BCUT2D eigenvalue weighted by molar-refractivity contribution is -0.133. The normalized spacial score (nSPS) is 13.3. The molecular formula is C13H26FNO3. The van der Waals surface area contributed by atoms with Gasteiger partial charge in [-0.1, -0.05) is 0 Å². The Labute approximate surface area is 109 Å². The summed E-state index contributed by atoms with van der Waals surface area (Å²) in [6.07, 6.45) is 4.09. The predicted molar refractivity (Wildman–Crippen MR) is 68.8 cm³/mol. The van der Waals surface area contributed by atoms with Crippen LogP contribution in [0.2, 0.25) is 0 Å². The quantitative estimate of drug-likeness (QED) is 0.460. The van der Waals surface area contributed by atoms with Crippen molar-refractivity contribution in [2.45, 2.75) is 52.1 Å². The van der Waals surface area contributed by atoms with E-state index < -0.39 is 0 Å². The number of carbonyl (C=O) groups is 1. The fourth-order valence-corrected chi connectivity index (χ4v) is 1.74. The van der Waals surface area contributed by atoms with Gasteiger partial charge in [0, 0.05) is 13.2 Å². The Kier molecular flexibility index (Phi) is 9.87. The number of rotatable bonds is 11. The summed E-state index contributed by atoms with van der Waals surface area (Å²) in [4.78, 5) is 13.8. The number of ether oxygens (including phenoxy) is 1. The van der Waals surface area contributed by atoms with Crippen LogP contribution in [0.1, 0.15) is 46.5 Å². The standard InChI is InChI=1S/C13H26FNO3/c1-13(2,3)17-10-7-12(5-4-9-18-14)6-8-15-11-16/h11-12H,4-10H2,1-3H3,(H,15,16). The van der Waals surface area contributed by atoms with Crippen molar-refractivity contribution in [1.82, 2.24) is 5.32 Å². The van der Waals surface area contributed by atoms with Crippen LogP contribution in [0.25, 0.3) is 0 Å². The summed E-state index contributed by atoms with van der Waals surface area (Å²) < 4.78 is 17.3. The van der Waals surface area contributed by atoms with Gasteiger partial charge in [0.15, 0.2) is 0 Å². The molecule has 1 amide bonds. The summed E-state index contributed by atoms with van der Waals surface area (Å²) in [5.74, 6) is 0.426. The summed E-state index contributed by atoms with van der Waals surface area (Å²) >= 11 is 0. The third kappa shape index (κ3) is 11.8. The van der Waals surface area contributed by atoms with Crippen LogP contribution in [-0.4, -0.2) is 31.8 Å². The Balaban J connectivity index is 3.83. The van der Waals surface area contributed by atoms with Gasteiger partial charge in [-0.15, -0.1) is 0 Å². The van der Waals surface area contributed by atoms with Crippen molar-refractivity contribution >= 4 is 6.41 Å². The van der Waals surface area contributed by atoms with Gasteiger partial charge in [-0.3, -0.25) is 4.79 Å². The van der Waals surface area contributed by atoms with E-state index in [-0.39, 0.29) is 12.2 Å². The first kappa shape index (κ1) is 17.3. The molecule has 0 heterocycles. The molecule has 0 aliphatic rings. The highest BCUT2D eigenvalue weighted by Crippen LogP contribution is 2.17. The Morgan fingerprint density at radius 3 is 2.50 bits per heavy atom. The molecule has 5 heteroatoms. The number of hydrogen-bond donors (Lipinski definition) is 1. The molecule has 0 aromatic rings. The number of halogens is 1. The maximum Gasteiger partial charge on any atom is 0.207 e. The Morgan fingerprint density at radius 1 is 1.22 bits per heavy atom. The van der Waals surface area contributed by atoms with Crippen LogP contribution in [-0.2, 0) is 14.5 Å². The number of hydrogen-bond acceptors (Lipinski definition) is 3. The monoisotopic (exact) mass is 263 g/mol. The fraction of sp³-hybridized carbons (Fsp3) is 0.923. The molecule has 4 nitrogen and oxygen atoms in total. The maximum atomic E-state index is 11.6. The first-order chi connectivity index (χ1) is 8.49. The van der Waals surface area contributed by atoms with Crippen molar-refractivity contribution in [3.8, 4) is 0 Å². The third-order valence-corrected chi connectivity index (χ3v) is 2.68. The zero-order chi connectivity index (χ0) is 13.9. The first-order valence-electron chi connectivity index (χ1n) is 6.54. The lowest BCUT2D eigenvalue weighted by Crippen LogP contribution is -2.22. The molecular weight excluding hydrogens is 237 g/mol. The van der Waals surface area contributed by atoms with Crippen LogP contribution < -0.4 is 5.32 Å². The van der Waals surface area contributed by atoms with Crippen molar-refractivity contribution in [2.24, 2.45) is 5.92 Å². The van der Waals surface area contributed by atoms with Gasteiger partial charge in [-0.2, -0.15) is 4.94 Å². The highest BCUT2D eigenvalue weighted by atomic mass is 19.3. The molecule has 0 aromatic carbocycles. The zero-order valence-electron chi connectivity index (χ0n) is 11.7. The molecule has 0 saturated heterocycles. The maximum absolute atomic E-state index is 11.6. The van der Waals surface area contributed by atoms with E-state index in [2.05, 4.69) is 10.3 Å². The Morgan fingerprint density at radius 2 is 1.94 bits per heavy atom. The molecule has 0 aromatic heterocycles. The minimum absolute atomic E-state index is 0.131. The molecule has 0 spiro atoms. The second-order valence-corrected chi connectivity index (χ2v) is 5.43. The molecule has 1 atom stereocenters. The van der Waals surface area contributed by atoms with E-state index in [4.69, 9.17) is 4.74 Å². The van der Waals surface area contributed by atoms with E-state index in [1.165, 1.54) is 0 Å². The molecule has 0 aliphatic heterocycles. The molecule has 0 rings (SSSR count). The van der Waals surface area contributed by atoms with Gasteiger partial charge in [0.05, 0.1) is 12.2 Å². The molecule has 1 unspecified atom stereocenters. The number of amides is 1. The number of nitrogens with one attached hydrogen (secondary N) is 1. The van der Waals surface area contributed by atoms with Crippen LogP contribution in [0.3, 0.4) is 0 Å². The average molecular weight is 263 g/mol. The van der Waals surface area contributed by atoms with E-state index >= 15 is 0 Å². The highest BCUT2D eigenvalue weighted by molar-refractivity contribution is 5.45. The van der Waals surface area contributed by atoms with E-state index in [1.807, 2.05) is 20.8 Å². The molecule has 0 aliphatic carbocycles. The van der Waals surface area contributed by atoms with Crippen molar-refractivity contribution in [3.05, 3.63) is 0 Å².